The SMILES string of the molecule is [Cl-].[Cl-].[Cl][Pd+2][Cl].[Fe+2].c1ccc(P(c2ccccc2)[c-]2cccc2)cc1.c1ccc(P(c2ccccc2)[c-]2cccc2)cc1. The predicted octanol–water partition coefficient (Wildman–Crippen LogP) is 1.71. The van der Waals surface area contributed by atoms with Gasteiger partial charge in [-0.05, 0) is 21.2 Å². The third-order valence-corrected chi connectivity index (χ3v) is 10.8. The average molecular weight is 803 g/mol. The first-order valence-electron chi connectivity index (χ1n) is 12.4. The largest absolute Gasteiger partial charge is 2.00 e. The molecule has 42 heavy (non-hydrogen) atoms. The summed E-state index contributed by atoms with van der Waals surface area (Å²) < 4.78 is 0. The molecule has 0 spiro atoms. The zero-order valence-electron chi connectivity index (χ0n) is 22.2. The van der Waals surface area contributed by atoms with Crippen molar-refractivity contribution in [1.29, 1.82) is 0 Å². The first-order chi connectivity index (χ1) is 19.3. The fourth-order valence-corrected chi connectivity index (χ4v) is 8.84. The van der Waals surface area contributed by atoms with Gasteiger partial charge in [0.1, 0.15) is 0 Å². The van der Waals surface area contributed by atoms with E-state index in [9.17, 15) is 0 Å². The minimum atomic E-state index is -0.409. The van der Waals surface area contributed by atoms with Gasteiger partial charge in [0.05, 0.1) is 0 Å². The van der Waals surface area contributed by atoms with E-state index < -0.39 is 15.8 Å². The van der Waals surface area contributed by atoms with Gasteiger partial charge in [0.15, 0.2) is 0 Å². The molecule has 0 aliphatic rings. The van der Waals surface area contributed by atoms with E-state index in [4.69, 9.17) is 19.1 Å². The van der Waals surface area contributed by atoms with Gasteiger partial charge in [-0.15, -0.1) is 10.6 Å². The van der Waals surface area contributed by atoms with Gasteiger partial charge in [0.25, 0.3) is 0 Å². The van der Waals surface area contributed by atoms with E-state index in [0.717, 1.165) is 0 Å². The smallest absolute Gasteiger partial charge is 0.213 e. The van der Waals surface area contributed by atoms with Crippen LogP contribution in [0.2, 0.25) is 0 Å². The van der Waals surface area contributed by atoms with Crippen LogP contribution in [0.25, 0.3) is 0 Å². The quantitative estimate of drug-likeness (QED) is 0.137. The normalized spacial score (nSPS) is 9.71. The summed E-state index contributed by atoms with van der Waals surface area (Å²) in [6.45, 7) is 0. The molecular formula is C34H28Cl4FeP2Pd. The van der Waals surface area contributed by atoms with E-state index in [2.05, 4.69) is 170 Å². The van der Waals surface area contributed by atoms with Crippen LogP contribution in [0.15, 0.2) is 170 Å². The van der Waals surface area contributed by atoms with Gasteiger partial charge in [-0.2, -0.15) is 24.3 Å². The van der Waals surface area contributed by atoms with E-state index in [1.807, 2.05) is 0 Å². The van der Waals surface area contributed by atoms with Crippen LogP contribution in [0.4, 0.5) is 0 Å². The Morgan fingerprint density at radius 3 is 0.762 bits per heavy atom. The molecule has 8 heteroatoms. The molecular weight excluding hydrogens is 774 g/mol. The summed E-state index contributed by atoms with van der Waals surface area (Å²) in [4.78, 5) is 0. The summed E-state index contributed by atoms with van der Waals surface area (Å²) in [5.41, 5.74) is 0. The second kappa shape index (κ2) is 22.3. The zero-order chi connectivity index (χ0) is 27.1. The minimum absolute atomic E-state index is 0. The van der Waals surface area contributed by atoms with Crippen LogP contribution in [0.5, 0.6) is 0 Å². The maximum atomic E-state index is 4.81. The number of hydrogen-bond acceptors (Lipinski definition) is 0. The van der Waals surface area contributed by atoms with Gasteiger partial charge in [0, 0.05) is 0 Å². The Bertz CT molecular complexity index is 1250. The summed E-state index contributed by atoms with van der Waals surface area (Å²) in [5.74, 6) is 0. The molecule has 0 aromatic heterocycles. The molecule has 0 fully saturated rings. The van der Waals surface area contributed by atoms with Gasteiger partial charge in [-0.25, -0.2) is 24.3 Å². The van der Waals surface area contributed by atoms with Crippen molar-refractivity contribution in [2.75, 3.05) is 0 Å². The molecule has 0 nitrogen and oxygen atoms in total. The van der Waals surface area contributed by atoms with Crippen molar-refractivity contribution < 1.29 is 57.8 Å². The number of hydrogen-bond donors (Lipinski definition) is 0. The third-order valence-electron chi connectivity index (χ3n) is 5.86. The Balaban J connectivity index is 0.000000361. The maximum absolute atomic E-state index is 4.81. The summed E-state index contributed by atoms with van der Waals surface area (Å²) in [6, 6.07) is 60.5. The first-order valence-corrected chi connectivity index (χ1v) is 19.1. The molecule has 0 heterocycles. The molecule has 6 rings (SSSR count). The third kappa shape index (κ3) is 11.7. The molecule has 0 radical (unpaired) electrons. The Morgan fingerprint density at radius 1 is 0.381 bits per heavy atom. The zero-order valence-corrected chi connectivity index (χ0v) is 29.7. The van der Waals surface area contributed by atoms with Gasteiger partial charge >= 0.3 is 52.1 Å². The van der Waals surface area contributed by atoms with Crippen LogP contribution >= 0.6 is 34.9 Å². The molecule has 0 aliphatic heterocycles. The monoisotopic (exact) mass is 800 g/mol. The Labute approximate surface area is 291 Å². The van der Waals surface area contributed by atoms with E-state index in [-0.39, 0.29) is 57.8 Å². The second-order valence-electron chi connectivity index (χ2n) is 8.34. The molecule has 0 N–H and O–H groups in total. The average Bonchev–Trinajstić information content (AvgIpc) is 3.72. The van der Waals surface area contributed by atoms with Crippen LogP contribution in [-0.4, -0.2) is 0 Å². The van der Waals surface area contributed by atoms with Gasteiger partial charge < -0.3 is 24.8 Å². The number of rotatable bonds is 6. The van der Waals surface area contributed by atoms with Crippen molar-refractivity contribution in [3.05, 3.63) is 170 Å². The Hall–Kier alpha value is -1.22. The minimum Gasteiger partial charge on any atom is -0.213 e. The molecule has 6 aromatic carbocycles. The molecule has 0 bridgehead atoms. The van der Waals surface area contributed by atoms with Crippen LogP contribution in [0.3, 0.4) is 0 Å². The van der Waals surface area contributed by atoms with Crippen LogP contribution in [0.1, 0.15) is 0 Å². The van der Waals surface area contributed by atoms with Crippen LogP contribution in [0, 0.1) is 0 Å². The molecule has 0 saturated heterocycles. The second-order valence-corrected chi connectivity index (χ2v) is 15.1. The molecule has 220 valence electrons. The van der Waals surface area contributed by atoms with Crippen LogP contribution < -0.4 is 56.6 Å². The fraction of sp³-hybridized carbons (Fsp3) is 0. The number of halogens is 4. The van der Waals surface area contributed by atoms with Crippen molar-refractivity contribution >= 4 is 66.7 Å². The molecule has 0 unspecified atom stereocenters. The van der Waals surface area contributed by atoms with Gasteiger partial charge in [-0.1, -0.05) is 137 Å². The van der Waals surface area contributed by atoms with Crippen LogP contribution in [-0.2, 0) is 33.0 Å². The Kier molecular flexibility index (Phi) is 20.6. The van der Waals surface area contributed by atoms with Gasteiger partial charge in [0.2, 0.25) is 0 Å². The van der Waals surface area contributed by atoms with Crippen molar-refractivity contribution in [1.82, 2.24) is 0 Å². The summed E-state index contributed by atoms with van der Waals surface area (Å²) in [7, 11) is 8.81. The molecule has 0 atom stereocenters. The van der Waals surface area contributed by atoms with E-state index >= 15 is 0 Å². The summed E-state index contributed by atoms with van der Waals surface area (Å²) >= 11 is -0.106. The maximum Gasteiger partial charge on any atom is 2.00 e. The number of benzene rings is 4. The van der Waals surface area contributed by atoms with E-state index in [0.29, 0.717) is 0 Å². The molecule has 0 amide bonds. The molecule has 6 aromatic rings. The van der Waals surface area contributed by atoms with E-state index in [1.54, 1.807) is 0 Å². The van der Waals surface area contributed by atoms with E-state index in [1.165, 1.54) is 31.8 Å². The summed E-state index contributed by atoms with van der Waals surface area (Å²) in [6.07, 6.45) is 0. The summed E-state index contributed by atoms with van der Waals surface area (Å²) in [5, 5.41) is 8.47. The predicted molar refractivity (Wildman–Crippen MR) is 173 cm³/mol. The standard InChI is InChI=1S/2C17H14P.4ClH.Fe.Pd/c2*1-3-9-15(10-4-1)18(17-13-7-8-14-17)16-11-5-2-6-12-16;;;;;;/h2*1-14H;4*1H;;/q2*-1;;;;;+2;+4/p-4. The topological polar surface area (TPSA) is 0 Å². The Morgan fingerprint density at radius 2 is 0.571 bits per heavy atom. The van der Waals surface area contributed by atoms with Crippen molar-refractivity contribution in [2.45, 2.75) is 0 Å². The molecule has 0 saturated carbocycles. The van der Waals surface area contributed by atoms with Crippen molar-refractivity contribution in [3.8, 4) is 0 Å². The first kappa shape index (κ1) is 38.8. The molecule has 0 aliphatic carbocycles. The van der Waals surface area contributed by atoms with Crippen molar-refractivity contribution in [2.24, 2.45) is 0 Å². The van der Waals surface area contributed by atoms with Gasteiger partial charge in [-0.3, -0.25) is 0 Å². The fourth-order valence-electron chi connectivity index (χ4n) is 4.23. The van der Waals surface area contributed by atoms with Crippen molar-refractivity contribution in [3.63, 3.8) is 0 Å².